The number of aromatic amines is 1. The number of fused-ring (bicyclic) bond motifs is 3. The summed E-state index contributed by atoms with van der Waals surface area (Å²) in [4.78, 5) is 34.9. The van der Waals surface area contributed by atoms with Crippen LogP contribution in [0.1, 0.15) is 22.3 Å². The number of halogens is 2. The number of rotatable bonds is 3. The summed E-state index contributed by atoms with van der Waals surface area (Å²) in [7, 11) is 0. The van der Waals surface area contributed by atoms with Crippen molar-refractivity contribution in [3.63, 3.8) is 0 Å². The fourth-order valence-corrected chi connectivity index (χ4v) is 4.11. The zero-order chi connectivity index (χ0) is 19.5. The summed E-state index contributed by atoms with van der Waals surface area (Å²) in [5, 5.41) is 9.85. The van der Waals surface area contributed by atoms with Gasteiger partial charge in [0, 0.05) is 28.2 Å². The third-order valence-electron chi connectivity index (χ3n) is 5.27. The number of hydrogen-bond donors (Lipinski definition) is 2. The van der Waals surface area contributed by atoms with Gasteiger partial charge in [-0.2, -0.15) is 10.1 Å². The Hall–Kier alpha value is -2.88. The van der Waals surface area contributed by atoms with Gasteiger partial charge in [0.05, 0.1) is 11.6 Å². The number of nitrogens with zero attached hydrogens (tertiary/aromatic N) is 4. The standard InChI is InChI=1S/C18H14BrFN6O2/c19-10-1-2-11-12(3-10)18(4-13(18)20)8-26(16(11)28)7-14(27)23-17-21-5-9-6-22-25-15(9)24-17/h1-3,5-6,13H,4,7-8H2,(H2,21,22,23,24,25,27)/t13-,18+/m0/s1. The molecule has 0 unspecified atom stereocenters. The van der Waals surface area contributed by atoms with E-state index in [-0.39, 0.29) is 24.9 Å². The molecule has 10 heteroatoms. The third-order valence-corrected chi connectivity index (χ3v) is 5.76. The van der Waals surface area contributed by atoms with Crippen LogP contribution in [-0.4, -0.2) is 56.1 Å². The summed E-state index contributed by atoms with van der Waals surface area (Å²) in [6.07, 6.45) is 2.44. The molecule has 142 valence electrons. The van der Waals surface area contributed by atoms with E-state index in [2.05, 4.69) is 41.4 Å². The van der Waals surface area contributed by atoms with Crippen LogP contribution in [-0.2, 0) is 10.2 Å². The monoisotopic (exact) mass is 444 g/mol. The first-order valence-electron chi connectivity index (χ1n) is 8.66. The topological polar surface area (TPSA) is 104 Å². The number of benzene rings is 1. The van der Waals surface area contributed by atoms with Crippen LogP contribution in [0.4, 0.5) is 10.3 Å². The Bertz CT molecular complexity index is 1130. The second-order valence-corrected chi connectivity index (χ2v) is 8.01. The minimum absolute atomic E-state index is 0.111. The van der Waals surface area contributed by atoms with Crippen LogP contribution >= 0.6 is 15.9 Å². The quantitative estimate of drug-likeness (QED) is 0.644. The van der Waals surface area contributed by atoms with Crippen LogP contribution in [0.3, 0.4) is 0 Å². The molecule has 1 fully saturated rings. The second kappa shape index (κ2) is 6.06. The number of H-pyrrole nitrogens is 1. The molecule has 5 rings (SSSR count). The molecule has 1 aromatic carbocycles. The van der Waals surface area contributed by atoms with Crippen molar-refractivity contribution < 1.29 is 14.0 Å². The molecule has 2 aliphatic rings. The van der Waals surface area contributed by atoms with Crippen molar-refractivity contribution >= 4 is 44.7 Å². The van der Waals surface area contributed by atoms with Crippen molar-refractivity contribution in [2.24, 2.45) is 0 Å². The number of aromatic nitrogens is 4. The van der Waals surface area contributed by atoms with Gasteiger partial charge in [0.1, 0.15) is 12.7 Å². The number of carbonyl (C=O) groups is 2. The van der Waals surface area contributed by atoms with Gasteiger partial charge in [-0.3, -0.25) is 20.0 Å². The molecule has 2 aromatic heterocycles. The molecule has 2 amide bonds. The molecular weight excluding hydrogens is 431 g/mol. The highest BCUT2D eigenvalue weighted by Gasteiger charge is 2.61. The van der Waals surface area contributed by atoms with Crippen LogP contribution in [0.15, 0.2) is 35.1 Å². The molecule has 3 heterocycles. The molecule has 8 nitrogen and oxygen atoms in total. The molecule has 3 aromatic rings. The van der Waals surface area contributed by atoms with E-state index >= 15 is 0 Å². The predicted octanol–water partition coefficient (Wildman–Crippen LogP) is 2.19. The maximum atomic E-state index is 14.3. The van der Waals surface area contributed by atoms with Gasteiger partial charge in [-0.15, -0.1) is 0 Å². The largest absolute Gasteiger partial charge is 0.328 e. The average Bonchev–Trinajstić information content (AvgIpc) is 3.08. The van der Waals surface area contributed by atoms with Crippen molar-refractivity contribution in [2.45, 2.75) is 18.0 Å². The van der Waals surface area contributed by atoms with Crippen LogP contribution in [0.25, 0.3) is 11.0 Å². The fourth-order valence-electron chi connectivity index (χ4n) is 3.75. The Morgan fingerprint density at radius 3 is 3.04 bits per heavy atom. The van der Waals surface area contributed by atoms with E-state index < -0.39 is 17.5 Å². The fraction of sp³-hybridized carbons (Fsp3) is 0.278. The first-order valence-corrected chi connectivity index (χ1v) is 9.45. The van der Waals surface area contributed by atoms with Crippen LogP contribution in [0.2, 0.25) is 0 Å². The van der Waals surface area contributed by atoms with Crippen molar-refractivity contribution in [3.8, 4) is 0 Å². The van der Waals surface area contributed by atoms with E-state index in [0.29, 0.717) is 23.2 Å². The lowest BCUT2D eigenvalue weighted by atomic mass is 9.86. The number of carbonyl (C=O) groups excluding carboxylic acids is 2. The summed E-state index contributed by atoms with van der Waals surface area (Å²) in [5.74, 6) is -0.619. The third kappa shape index (κ3) is 2.67. The lowest BCUT2D eigenvalue weighted by Gasteiger charge is -2.34. The van der Waals surface area contributed by atoms with Gasteiger partial charge in [0.15, 0.2) is 5.65 Å². The zero-order valence-corrected chi connectivity index (χ0v) is 16.0. The molecule has 0 saturated heterocycles. The van der Waals surface area contributed by atoms with Gasteiger partial charge in [0.25, 0.3) is 5.91 Å². The van der Waals surface area contributed by atoms with E-state index in [1.165, 1.54) is 11.1 Å². The normalized spacial score (nSPS) is 23.1. The molecule has 0 bridgehead atoms. The summed E-state index contributed by atoms with van der Waals surface area (Å²) in [5.41, 5.74) is 0.927. The molecule has 1 saturated carbocycles. The molecule has 28 heavy (non-hydrogen) atoms. The Labute approximate surface area is 166 Å². The van der Waals surface area contributed by atoms with E-state index in [0.717, 1.165) is 9.86 Å². The van der Waals surface area contributed by atoms with Crippen LogP contribution in [0.5, 0.6) is 0 Å². The lowest BCUT2D eigenvalue weighted by Crippen LogP contribution is -2.47. The highest BCUT2D eigenvalue weighted by atomic mass is 79.9. The van der Waals surface area contributed by atoms with Gasteiger partial charge in [-0.05, 0) is 30.2 Å². The van der Waals surface area contributed by atoms with Gasteiger partial charge < -0.3 is 4.90 Å². The Kier molecular flexibility index (Phi) is 3.73. The van der Waals surface area contributed by atoms with Crippen molar-refractivity contribution in [1.82, 2.24) is 25.1 Å². The Balaban J connectivity index is 1.37. The highest BCUT2D eigenvalue weighted by Crippen LogP contribution is 2.54. The van der Waals surface area contributed by atoms with Crippen molar-refractivity contribution in [3.05, 3.63) is 46.2 Å². The molecular formula is C18H14BrFN6O2. The SMILES string of the molecule is O=C(CN1C[C@]2(C[C@@H]2F)c2cc(Br)ccc2C1=O)Nc1ncc2cn[nH]c2n1. The van der Waals surface area contributed by atoms with Crippen LogP contribution in [0, 0.1) is 0 Å². The molecule has 0 radical (unpaired) electrons. The number of nitrogens with one attached hydrogen (secondary N) is 2. The number of hydrogen-bond acceptors (Lipinski definition) is 5. The number of amides is 2. The predicted molar refractivity (Wildman–Crippen MR) is 102 cm³/mol. The van der Waals surface area contributed by atoms with Crippen LogP contribution < -0.4 is 5.32 Å². The summed E-state index contributed by atoms with van der Waals surface area (Å²) >= 11 is 3.38. The van der Waals surface area contributed by atoms with E-state index in [1.54, 1.807) is 24.4 Å². The molecule has 2 N–H and O–H groups in total. The molecule has 1 spiro atoms. The Morgan fingerprint density at radius 1 is 1.43 bits per heavy atom. The maximum absolute atomic E-state index is 14.3. The second-order valence-electron chi connectivity index (χ2n) is 7.09. The zero-order valence-electron chi connectivity index (χ0n) is 14.4. The Morgan fingerprint density at radius 2 is 2.25 bits per heavy atom. The summed E-state index contributed by atoms with van der Waals surface area (Å²) < 4.78 is 15.1. The smallest absolute Gasteiger partial charge is 0.254 e. The van der Waals surface area contributed by atoms with Gasteiger partial charge in [-0.1, -0.05) is 15.9 Å². The van der Waals surface area contributed by atoms with Gasteiger partial charge in [0.2, 0.25) is 11.9 Å². The first-order chi connectivity index (χ1) is 13.5. The number of anilines is 1. The van der Waals surface area contributed by atoms with Crippen molar-refractivity contribution in [1.29, 1.82) is 0 Å². The highest BCUT2D eigenvalue weighted by molar-refractivity contribution is 9.10. The lowest BCUT2D eigenvalue weighted by molar-refractivity contribution is -0.117. The van der Waals surface area contributed by atoms with E-state index in [1.807, 2.05) is 0 Å². The molecule has 1 aliphatic heterocycles. The maximum Gasteiger partial charge on any atom is 0.254 e. The first kappa shape index (κ1) is 17.2. The van der Waals surface area contributed by atoms with E-state index in [9.17, 15) is 14.0 Å². The van der Waals surface area contributed by atoms with E-state index in [4.69, 9.17) is 0 Å². The van der Waals surface area contributed by atoms with Crippen molar-refractivity contribution in [2.75, 3.05) is 18.4 Å². The minimum Gasteiger partial charge on any atom is -0.328 e. The average molecular weight is 445 g/mol. The number of alkyl halides is 1. The van der Waals surface area contributed by atoms with Gasteiger partial charge >= 0.3 is 0 Å². The summed E-state index contributed by atoms with van der Waals surface area (Å²) in [6, 6.07) is 5.22. The summed E-state index contributed by atoms with van der Waals surface area (Å²) in [6.45, 7) is -0.0303. The van der Waals surface area contributed by atoms with Gasteiger partial charge in [-0.25, -0.2) is 9.37 Å². The minimum atomic E-state index is -1.02. The molecule has 2 atom stereocenters. The molecule has 1 aliphatic carbocycles.